The Morgan fingerprint density at radius 2 is 2.22 bits per heavy atom. The lowest BCUT2D eigenvalue weighted by molar-refractivity contribution is 0.266. The summed E-state index contributed by atoms with van der Waals surface area (Å²) in [7, 11) is 0. The molecular formula is C4H9N5. The molecule has 0 saturated carbocycles. The third-order valence-corrected chi connectivity index (χ3v) is 0.886. The van der Waals surface area contributed by atoms with Gasteiger partial charge in [-0.1, -0.05) is 5.23 Å². The van der Waals surface area contributed by atoms with Crippen molar-refractivity contribution >= 4 is 6.21 Å². The van der Waals surface area contributed by atoms with Crippen molar-refractivity contribution in [3.05, 3.63) is 0 Å². The van der Waals surface area contributed by atoms with Crippen LogP contribution < -0.4 is 5.84 Å². The van der Waals surface area contributed by atoms with Crippen molar-refractivity contribution in [3.8, 4) is 0 Å². The molecule has 1 aliphatic heterocycles. The van der Waals surface area contributed by atoms with E-state index >= 15 is 0 Å². The van der Waals surface area contributed by atoms with Gasteiger partial charge in [0, 0.05) is 0 Å². The standard InChI is InChI=1S/C4H9N5/c1-4(2)3-6-9(5)8-7-4/h3H,5H2,1-2H3. The minimum Gasteiger partial charge on any atom is -0.207 e. The van der Waals surface area contributed by atoms with Crippen LogP contribution in [0.3, 0.4) is 0 Å². The van der Waals surface area contributed by atoms with E-state index < -0.39 is 0 Å². The lowest BCUT2D eigenvalue weighted by Gasteiger charge is -2.17. The summed E-state index contributed by atoms with van der Waals surface area (Å²) in [5.41, 5.74) is -0.296. The van der Waals surface area contributed by atoms with Gasteiger partial charge in [-0.15, -0.1) is 5.10 Å². The van der Waals surface area contributed by atoms with Gasteiger partial charge in [0.25, 0.3) is 0 Å². The molecule has 0 amide bonds. The summed E-state index contributed by atoms with van der Waals surface area (Å²) in [6, 6.07) is 0. The first kappa shape index (κ1) is 6.15. The Labute approximate surface area is 53.2 Å². The molecule has 1 aliphatic rings. The average Bonchev–Trinajstić information content (AvgIpc) is 1.78. The highest BCUT2D eigenvalue weighted by molar-refractivity contribution is 5.68. The van der Waals surface area contributed by atoms with Crippen LogP contribution in [0, 0.1) is 0 Å². The zero-order chi connectivity index (χ0) is 6.91. The van der Waals surface area contributed by atoms with Crippen molar-refractivity contribution in [3.63, 3.8) is 0 Å². The van der Waals surface area contributed by atoms with Crippen LogP contribution in [0.2, 0.25) is 0 Å². The third kappa shape index (κ3) is 1.46. The van der Waals surface area contributed by atoms with Gasteiger partial charge in [0.15, 0.2) is 0 Å². The summed E-state index contributed by atoms with van der Waals surface area (Å²) in [6.45, 7) is 3.79. The Morgan fingerprint density at radius 3 is 2.56 bits per heavy atom. The predicted molar refractivity (Wildman–Crippen MR) is 33.5 cm³/mol. The summed E-state index contributed by atoms with van der Waals surface area (Å²) in [5.74, 6) is 5.13. The molecule has 0 unspecified atom stereocenters. The topological polar surface area (TPSA) is 66.3 Å². The average molecular weight is 127 g/mol. The zero-order valence-corrected chi connectivity index (χ0v) is 5.44. The van der Waals surface area contributed by atoms with Crippen LogP contribution in [-0.2, 0) is 0 Å². The molecule has 5 heteroatoms. The number of hydrazone groups is 1. The van der Waals surface area contributed by atoms with Crippen molar-refractivity contribution in [2.24, 2.45) is 21.3 Å². The normalized spacial score (nSPS) is 22.8. The summed E-state index contributed by atoms with van der Waals surface area (Å²) < 4.78 is 0. The van der Waals surface area contributed by atoms with Gasteiger partial charge in [-0.2, -0.15) is 5.11 Å². The lowest BCUT2D eigenvalue weighted by Crippen LogP contribution is -2.29. The molecule has 0 radical (unpaired) electrons. The molecule has 2 N–H and O–H groups in total. The molecule has 0 aromatic rings. The second-order valence-corrected chi connectivity index (χ2v) is 2.41. The third-order valence-electron chi connectivity index (χ3n) is 0.886. The van der Waals surface area contributed by atoms with Gasteiger partial charge < -0.3 is 0 Å². The van der Waals surface area contributed by atoms with Gasteiger partial charge in [-0.25, -0.2) is 5.84 Å². The molecule has 5 nitrogen and oxygen atoms in total. The Balaban J connectivity index is 2.70. The van der Waals surface area contributed by atoms with E-state index in [1.54, 1.807) is 6.21 Å². The summed E-state index contributed by atoms with van der Waals surface area (Å²) in [5, 5.41) is 12.0. The number of hydrogen-bond acceptors (Lipinski definition) is 5. The van der Waals surface area contributed by atoms with Gasteiger partial charge in [0.2, 0.25) is 0 Å². The quantitative estimate of drug-likeness (QED) is 0.476. The van der Waals surface area contributed by atoms with Gasteiger partial charge >= 0.3 is 0 Å². The fourth-order valence-electron chi connectivity index (χ4n) is 0.410. The van der Waals surface area contributed by atoms with E-state index in [0.717, 1.165) is 5.23 Å². The number of nitrogens with zero attached hydrogens (tertiary/aromatic N) is 4. The molecule has 1 heterocycles. The van der Waals surface area contributed by atoms with E-state index in [1.165, 1.54) is 0 Å². The van der Waals surface area contributed by atoms with E-state index in [0.29, 0.717) is 0 Å². The minimum absolute atomic E-state index is 0.296. The van der Waals surface area contributed by atoms with Crippen LogP contribution in [-0.4, -0.2) is 17.0 Å². The lowest BCUT2D eigenvalue weighted by atomic mass is 10.1. The van der Waals surface area contributed by atoms with E-state index in [1.807, 2.05) is 13.8 Å². The Bertz CT molecular complexity index is 142. The van der Waals surface area contributed by atoms with Gasteiger partial charge in [-0.05, 0) is 19.1 Å². The van der Waals surface area contributed by atoms with E-state index in [2.05, 4.69) is 15.4 Å². The monoisotopic (exact) mass is 127 g/mol. The van der Waals surface area contributed by atoms with Crippen LogP contribution in [0.25, 0.3) is 0 Å². The summed E-state index contributed by atoms with van der Waals surface area (Å²) in [4.78, 5) is 0. The molecule has 0 spiro atoms. The molecule has 0 aromatic carbocycles. The van der Waals surface area contributed by atoms with Crippen molar-refractivity contribution in [2.45, 2.75) is 19.4 Å². The fraction of sp³-hybridized carbons (Fsp3) is 0.750. The van der Waals surface area contributed by atoms with Crippen molar-refractivity contribution in [1.82, 2.24) is 5.23 Å². The highest BCUT2D eigenvalue weighted by Gasteiger charge is 2.16. The predicted octanol–water partition coefficient (Wildman–Crippen LogP) is 0.307. The SMILES string of the molecule is CC1(C)C=NN(N)N=N1. The fourth-order valence-corrected chi connectivity index (χ4v) is 0.410. The van der Waals surface area contributed by atoms with Crippen molar-refractivity contribution < 1.29 is 0 Å². The Hall–Kier alpha value is -0.970. The van der Waals surface area contributed by atoms with Crippen molar-refractivity contribution in [2.75, 3.05) is 0 Å². The minimum atomic E-state index is -0.296. The van der Waals surface area contributed by atoms with Crippen LogP contribution >= 0.6 is 0 Å². The number of rotatable bonds is 0. The summed E-state index contributed by atoms with van der Waals surface area (Å²) >= 11 is 0. The number of nitrogens with two attached hydrogens (primary N) is 1. The molecule has 1 rings (SSSR count). The maximum atomic E-state index is 5.13. The first-order chi connectivity index (χ1) is 4.10. The second kappa shape index (κ2) is 1.77. The van der Waals surface area contributed by atoms with E-state index in [4.69, 9.17) is 5.84 Å². The molecule has 0 atom stereocenters. The largest absolute Gasteiger partial charge is 0.207 e. The molecule has 0 aliphatic carbocycles. The van der Waals surface area contributed by atoms with Crippen molar-refractivity contribution in [1.29, 1.82) is 0 Å². The highest BCUT2D eigenvalue weighted by Crippen LogP contribution is 2.09. The molecule has 0 saturated heterocycles. The molecular weight excluding hydrogens is 118 g/mol. The molecule has 0 aromatic heterocycles. The van der Waals surface area contributed by atoms with Gasteiger partial charge in [0.1, 0.15) is 5.54 Å². The summed E-state index contributed by atoms with van der Waals surface area (Å²) in [6.07, 6.45) is 1.64. The molecule has 50 valence electrons. The Morgan fingerprint density at radius 1 is 1.56 bits per heavy atom. The molecule has 0 fully saturated rings. The van der Waals surface area contributed by atoms with E-state index in [-0.39, 0.29) is 5.54 Å². The van der Waals surface area contributed by atoms with Crippen LogP contribution in [0.5, 0.6) is 0 Å². The maximum absolute atomic E-state index is 5.13. The smallest absolute Gasteiger partial charge is 0.115 e. The maximum Gasteiger partial charge on any atom is 0.115 e. The zero-order valence-electron chi connectivity index (χ0n) is 5.44. The number of hydrogen-bond donors (Lipinski definition) is 1. The van der Waals surface area contributed by atoms with Crippen LogP contribution in [0.15, 0.2) is 15.4 Å². The van der Waals surface area contributed by atoms with Crippen LogP contribution in [0.1, 0.15) is 13.8 Å². The Kier molecular flexibility index (Phi) is 1.21. The number of hydrazine groups is 1. The van der Waals surface area contributed by atoms with Crippen LogP contribution in [0.4, 0.5) is 0 Å². The van der Waals surface area contributed by atoms with E-state index in [9.17, 15) is 0 Å². The molecule has 0 bridgehead atoms. The first-order valence-electron chi connectivity index (χ1n) is 2.63. The first-order valence-corrected chi connectivity index (χ1v) is 2.63. The van der Waals surface area contributed by atoms with Gasteiger partial charge in [-0.3, -0.25) is 0 Å². The molecule has 9 heavy (non-hydrogen) atoms. The second-order valence-electron chi connectivity index (χ2n) is 2.41. The highest BCUT2D eigenvalue weighted by atomic mass is 15.8. The van der Waals surface area contributed by atoms with Gasteiger partial charge in [0.05, 0.1) is 6.21 Å².